The fourth-order valence-electron chi connectivity index (χ4n) is 5.62. The monoisotopic (exact) mass is 727 g/mol. The number of ketones is 1. The molecule has 0 unspecified atom stereocenters. The Hall–Kier alpha value is -2.39. The van der Waals surface area contributed by atoms with Gasteiger partial charge in [-0.25, -0.2) is 0 Å². The van der Waals surface area contributed by atoms with E-state index in [1.165, 1.54) is 0 Å². The maximum Gasteiger partial charge on any atom is 0.160 e. The molecule has 4 aromatic carbocycles. The Morgan fingerprint density at radius 1 is 0.947 bits per heavy atom. The van der Waals surface area contributed by atoms with E-state index in [2.05, 4.69) is 108 Å². The number of Topliss-reactive ketones (excluding diaryl/α,β-unsaturated/α-hetero) is 1. The highest BCUT2D eigenvalue weighted by atomic mass is 127. The molecule has 0 fully saturated rings. The minimum atomic E-state index is -0.152. The molecule has 5 rings (SSSR count). The van der Waals surface area contributed by atoms with Crippen molar-refractivity contribution < 1.29 is 9.53 Å². The molecule has 38 heavy (non-hydrogen) atoms. The largest absolute Gasteiger partial charge is 0.487 e. The summed E-state index contributed by atoms with van der Waals surface area (Å²) in [5.74, 6) is 0.887. The molecule has 1 aliphatic rings. The quantitative estimate of drug-likeness (QED) is 0.159. The summed E-state index contributed by atoms with van der Waals surface area (Å²) in [6.45, 7) is 6.97. The Kier molecular flexibility index (Phi) is 7.87. The van der Waals surface area contributed by atoms with Crippen LogP contribution in [0, 0.1) is 12.6 Å². The van der Waals surface area contributed by atoms with Crippen molar-refractivity contribution in [1.82, 2.24) is 0 Å². The molecule has 4 aromatic rings. The highest BCUT2D eigenvalue weighted by molar-refractivity contribution is 14.1. The number of nitrogens with two attached hydrogens (primary N) is 1. The maximum atomic E-state index is 14.0. The lowest BCUT2D eigenvalue weighted by molar-refractivity contribution is -0.118. The van der Waals surface area contributed by atoms with Crippen LogP contribution in [0.2, 0.25) is 0 Å². The van der Waals surface area contributed by atoms with Gasteiger partial charge in [-0.15, -0.1) is 0 Å². The summed E-state index contributed by atoms with van der Waals surface area (Å²) in [5.41, 5.74) is 12.3. The van der Waals surface area contributed by atoms with E-state index in [-0.39, 0.29) is 17.1 Å². The molecular formula is C33H31I2NO2. The number of carbonyl (C=O) groups is 1. The highest BCUT2D eigenvalue weighted by Gasteiger charge is 2.37. The van der Waals surface area contributed by atoms with Crippen LogP contribution in [0.5, 0.6) is 5.75 Å². The molecule has 0 heterocycles. The third-order valence-electron chi connectivity index (χ3n) is 7.35. The van der Waals surface area contributed by atoms with E-state index in [1.54, 1.807) is 0 Å². The molecule has 0 spiro atoms. The maximum absolute atomic E-state index is 14.0. The zero-order valence-corrected chi connectivity index (χ0v) is 26.2. The number of allylic oxidation sites excluding steroid dienone is 2. The third kappa shape index (κ3) is 5.50. The second-order valence-electron chi connectivity index (χ2n) is 10.9. The van der Waals surface area contributed by atoms with Crippen molar-refractivity contribution in [1.29, 1.82) is 0 Å². The van der Waals surface area contributed by atoms with Crippen LogP contribution in [0.15, 0.2) is 84.4 Å². The van der Waals surface area contributed by atoms with Crippen LogP contribution in [-0.4, -0.2) is 5.78 Å². The first-order valence-corrected chi connectivity index (χ1v) is 15.0. The number of fused-ring (bicyclic) bond motifs is 1. The molecule has 3 nitrogen and oxygen atoms in total. The number of halogens is 2. The van der Waals surface area contributed by atoms with Gasteiger partial charge in [0.25, 0.3) is 0 Å². The van der Waals surface area contributed by atoms with Gasteiger partial charge < -0.3 is 10.5 Å². The minimum Gasteiger partial charge on any atom is -0.487 e. The molecule has 0 amide bonds. The number of ether oxygens (including phenoxy) is 1. The van der Waals surface area contributed by atoms with Gasteiger partial charge in [0, 0.05) is 38.3 Å². The van der Waals surface area contributed by atoms with E-state index in [0.29, 0.717) is 18.7 Å². The van der Waals surface area contributed by atoms with E-state index in [4.69, 9.17) is 10.5 Å². The van der Waals surface area contributed by atoms with Gasteiger partial charge in [-0.2, -0.15) is 0 Å². The second-order valence-corrected chi connectivity index (χ2v) is 13.3. The molecule has 1 atom stereocenters. The zero-order chi connectivity index (χ0) is 27.0. The van der Waals surface area contributed by atoms with E-state index >= 15 is 0 Å². The second kappa shape index (κ2) is 11.0. The fourth-order valence-corrected chi connectivity index (χ4v) is 7.67. The fraction of sp³-hybridized carbons (Fsp3) is 0.242. The number of benzene rings is 4. The van der Waals surface area contributed by atoms with Gasteiger partial charge in [0.15, 0.2) is 5.78 Å². The summed E-state index contributed by atoms with van der Waals surface area (Å²) < 4.78 is 8.63. The lowest BCUT2D eigenvalue weighted by Gasteiger charge is -2.35. The molecule has 0 aromatic heterocycles. The van der Waals surface area contributed by atoms with Crippen LogP contribution in [0.3, 0.4) is 0 Å². The highest BCUT2D eigenvalue weighted by Crippen LogP contribution is 2.49. The Balaban J connectivity index is 1.69. The minimum absolute atomic E-state index is 0.148. The third-order valence-corrected chi connectivity index (χ3v) is 8.77. The molecule has 0 saturated carbocycles. The molecule has 0 aliphatic heterocycles. The summed E-state index contributed by atoms with van der Waals surface area (Å²) in [6, 6.07) is 26.8. The molecule has 0 radical (unpaired) electrons. The summed E-state index contributed by atoms with van der Waals surface area (Å²) in [6.07, 6.45) is 1.31. The normalized spacial score (nSPS) is 16.1. The standard InChI is InChI=1S/C33H31I2NO2/c1-20(25-15-23(34)16-27(35)32(25)38-19-21-9-5-4-6-10-21)30-26(17-33(2,3)18-29(30)37)31-24-12-8-7-11-22(24)13-14-28(31)36/h4-16,20H,17-19,36H2,1-3H3/t20-/m0/s1. The van der Waals surface area contributed by atoms with E-state index < -0.39 is 0 Å². The summed E-state index contributed by atoms with van der Waals surface area (Å²) >= 11 is 4.71. The Morgan fingerprint density at radius 2 is 1.66 bits per heavy atom. The SMILES string of the molecule is C[C@H](C1=C(c2c(N)ccc3ccccc23)CC(C)(C)CC1=O)c1cc(I)cc(I)c1OCc1ccccc1. The van der Waals surface area contributed by atoms with Crippen molar-refractivity contribution in [2.24, 2.45) is 5.41 Å². The van der Waals surface area contributed by atoms with Crippen LogP contribution in [0.4, 0.5) is 5.69 Å². The van der Waals surface area contributed by atoms with E-state index in [1.807, 2.05) is 36.4 Å². The van der Waals surface area contributed by atoms with E-state index in [0.717, 1.165) is 57.9 Å². The number of carbonyl (C=O) groups excluding carboxylic acids is 1. The number of anilines is 1. The molecule has 194 valence electrons. The predicted molar refractivity (Wildman–Crippen MR) is 174 cm³/mol. The van der Waals surface area contributed by atoms with Crippen molar-refractivity contribution in [3.8, 4) is 5.75 Å². The molecule has 5 heteroatoms. The van der Waals surface area contributed by atoms with Crippen LogP contribution in [0.1, 0.15) is 56.2 Å². The van der Waals surface area contributed by atoms with Gasteiger partial charge in [0.2, 0.25) is 0 Å². The van der Waals surface area contributed by atoms with Crippen LogP contribution in [-0.2, 0) is 11.4 Å². The lowest BCUT2D eigenvalue weighted by Crippen LogP contribution is -2.28. The molecule has 1 aliphatic carbocycles. The summed E-state index contributed by atoms with van der Waals surface area (Å²) in [7, 11) is 0. The van der Waals surface area contributed by atoms with Crippen molar-refractivity contribution in [3.05, 3.63) is 108 Å². The van der Waals surface area contributed by atoms with Crippen LogP contribution in [0.25, 0.3) is 16.3 Å². The molecular weight excluding hydrogens is 696 g/mol. The van der Waals surface area contributed by atoms with Gasteiger partial charge in [-0.05, 0) is 97.1 Å². The smallest absolute Gasteiger partial charge is 0.160 e. The number of rotatable bonds is 6. The first-order valence-electron chi connectivity index (χ1n) is 12.8. The predicted octanol–water partition coefficient (Wildman–Crippen LogP) is 9.16. The number of hydrogen-bond acceptors (Lipinski definition) is 3. The topological polar surface area (TPSA) is 52.3 Å². The van der Waals surface area contributed by atoms with Crippen molar-refractivity contribution in [3.63, 3.8) is 0 Å². The Morgan fingerprint density at radius 3 is 2.42 bits per heavy atom. The van der Waals surface area contributed by atoms with Crippen molar-refractivity contribution in [2.75, 3.05) is 5.73 Å². The van der Waals surface area contributed by atoms with Gasteiger partial charge in [-0.3, -0.25) is 4.79 Å². The van der Waals surface area contributed by atoms with Gasteiger partial charge in [-0.1, -0.05) is 81.4 Å². The first kappa shape index (κ1) is 27.2. The van der Waals surface area contributed by atoms with Gasteiger partial charge in [0.1, 0.15) is 12.4 Å². The van der Waals surface area contributed by atoms with Crippen molar-refractivity contribution in [2.45, 2.75) is 46.1 Å². The van der Waals surface area contributed by atoms with Crippen LogP contribution >= 0.6 is 45.2 Å². The molecule has 0 bridgehead atoms. The van der Waals surface area contributed by atoms with Crippen LogP contribution < -0.4 is 10.5 Å². The summed E-state index contributed by atoms with van der Waals surface area (Å²) in [4.78, 5) is 14.0. The zero-order valence-electron chi connectivity index (χ0n) is 21.9. The van der Waals surface area contributed by atoms with Gasteiger partial charge in [0.05, 0.1) is 3.57 Å². The average Bonchev–Trinajstić information content (AvgIpc) is 2.87. The average molecular weight is 727 g/mol. The molecule has 2 N–H and O–H groups in total. The lowest BCUT2D eigenvalue weighted by atomic mass is 9.68. The molecule has 0 saturated heterocycles. The summed E-state index contributed by atoms with van der Waals surface area (Å²) in [5, 5.41) is 2.22. The number of hydrogen-bond donors (Lipinski definition) is 1. The van der Waals surface area contributed by atoms with E-state index in [9.17, 15) is 4.79 Å². The first-order chi connectivity index (χ1) is 18.1. The Labute approximate surface area is 252 Å². The van der Waals surface area contributed by atoms with Gasteiger partial charge >= 0.3 is 0 Å². The van der Waals surface area contributed by atoms with Crippen molar-refractivity contribution >= 4 is 73.0 Å². The Bertz CT molecular complexity index is 1560. The number of nitrogen functional groups attached to an aromatic ring is 1.